The molecule has 0 spiro atoms. The third-order valence-corrected chi connectivity index (χ3v) is 5.18. The molecule has 1 saturated heterocycles. The molecule has 104 valence electrons. The average molecular weight is 304 g/mol. The van der Waals surface area contributed by atoms with Crippen LogP contribution in [0.4, 0.5) is 0 Å². The number of hydrogen-bond donors (Lipinski definition) is 2. The number of piperazine rings is 1. The maximum absolute atomic E-state index is 12.4. The van der Waals surface area contributed by atoms with E-state index in [4.69, 9.17) is 17.3 Å². The highest BCUT2D eigenvalue weighted by Gasteiger charge is 2.30. The van der Waals surface area contributed by atoms with Crippen molar-refractivity contribution in [1.82, 2.24) is 9.62 Å². The van der Waals surface area contributed by atoms with Gasteiger partial charge in [0.2, 0.25) is 15.9 Å². The summed E-state index contributed by atoms with van der Waals surface area (Å²) in [5.74, 6) is -0.315. The summed E-state index contributed by atoms with van der Waals surface area (Å²) in [7, 11) is -3.75. The Morgan fingerprint density at radius 3 is 2.74 bits per heavy atom. The first-order valence-electron chi connectivity index (χ1n) is 5.70. The number of hydrogen-bond acceptors (Lipinski definition) is 4. The molecule has 0 saturated carbocycles. The zero-order valence-corrected chi connectivity index (χ0v) is 11.7. The van der Waals surface area contributed by atoms with Gasteiger partial charge in [-0.1, -0.05) is 17.7 Å². The summed E-state index contributed by atoms with van der Waals surface area (Å²) in [6, 6.07) is 4.56. The van der Waals surface area contributed by atoms with Gasteiger partial charge in [0.15, 0.2) is 0 Å². The molecule has 0 bridgehead atoms. The van der Waals surface area contributed by atoms with E-state index in [9.17, 15) is 13.2 Å². The van der Waals surface area contributed by atoms with Crippen molar-refractivity contribution in [2.24, 2.45) is 5.73 Å². The van der Waals surface area contributed by atoms with Crippen LogP contribution in [-0.2, 0) is 21.4 Å². The Labute approximate surface area is 116 Å². The molecule has 1 aliphatic rings. The minimum absolute atomic E-state index is 0.000988. The Balaban J connectivity index is 2.36. The normalized spacial score (nSPS) is 17.3. The molecule has 1 aliphatic heterocycles. The van der Waals surface area contributed by atoms with Crippen molar-refractivity contribution in [1.29, 1.82) is 0 Å². The molecule has 0 atom stereocenters. The number of nitrogens with one attached hydrogen (secondary N) is 1. The molecule has 1 aromatic carbocycles. The van der Waals surface area contributed by atoms with Gasteiger partial charge in [0, 0.05) is 19.6 Å². The predicted octanol–water partition coefficient (Wildman–Crippen LogP) is -0.0808. The molecule has 1 fully saturated rings. The van der Waals surface area contributed by atoms with E-state index in [-0.39, 0.29) is 35.5 Å². The van der Waals surface area contributed by atoms with E-state index in [0.29, 0.717) is 6.54 Å². The molecule has 6 nitrogen and oxygen atoms in total. The lowest BCUT2D eigenvalue weighted by molar-refractivity contribution is -0.122. The second-order valence-corrected chi connectivity index (χ2v) is 6.47. The number of benzene rings is 1. The van der Waals surface area contributed by atoms with Crippen LogP contribution < -0.4 is 11.1 Å². The molecule has 0 unspecified atom stereocenters. The first-order chi connectivity index (χ1) is 8.95. The SMILES string of the molecule is NCc1ccc(S(=O)(=O)N2CCNC(=O)C2)c(Cl)c1. The Hall–Kier alpha value is -1.15. The van der Waals surface area contributed by atoms with Crippen LogP contribution in [0.25, 0.3) is 0 Å². The lowest BCUT2D eigenvalue weighted by Crippen LogP contribution is -2.49. The fourth-order valence-corrected chi connectivity index (χ4v) is 3.78. The average Bonchev–Trinajstić information content (AvgIpc) is 2.38. The number of sulfonamides is 1. The summed E-state index contributed by atoms with van der Waals surface area (Å²) in [6.07, 6.45) is 0. The number of nitrogens with two attached hydrogens (primary N) is 1. The molecule has 0 aromatic heterocycles. The van der Waals surface area contributed by atoms with Gasteiger partial charge < -0.3 is 11.1 Å². The minimum atomic E-state index is -3.75. The van der Waals surface area contributed by atoms with Crippen LogP contribution in [0.15, 0.2) is 23.1 Å². The maximum atomic E-state index is 12.4. The molecule has 0 aliphatic carbocycles. The van der Waals surface area contributed by atoms with E-state index in [2.05, 4.69) is 5.32 Å². The Bertz CT molecular complexity index is 603. The summed E-state index contributed by atoms with van der Waals surface area (Å²) < 4.78 is 25.9. The molecule has 1 heterocycles. The highest BCUT2D eigenvalue weighted by Crippen LogP contribution is 2.26. The van der Waals surface area contributed by atoms with E-state index in [1.54, 1.807) is 6.07 Å². The lowest BCUT2D eigenvalue weighted by atomic mass is 10.2. The number of nitrogens with zero attached hydrogens (tertiary/aromatic N) is 1. The Morgan fingerprint density at radius 1 is 1.42 bits per heavy atom. The molecular formula is C11H14ClN3O3S. The van der Waals surface area contributed by atoms with Crippen molar-refractivity contribution in [3.63, 3.8) is 0 Å². The van der Waals surface area contributed by atoms with Crippen LogP contribution in [0.2, 0.25) is 5.02 Å². The van der Waals surface area contributed by atoms with Crippen LogP contribution in [0.5, 0.6) is 0 Å². The zero-order valence-electron chi connectivity index (χ0n) is 10.1. The summed E-state index contributed by atoms with van der Waals surface area (Å²) in [6.45, 7) is 0.642. The van der Waals surface area contributed by atoms with Crippen molar-refractivity contribution in [3.8, 4) is 0 Å². The van der Waals surface area contributed by atoms with Crippen molar-refractivity contribution in [2.45, 2.75) is 11.4 Å². The Morgan fingerprint density at radius 2 is 2.16 bits per heavy atom. The molecule has 1 amide bonds. The quantitative estimate of drug-likeness (QED) is 0.817. The van der Waals surface area contributed by atoms with Gasteiger partial charge in [-0.3, -0.25) is 4.79 Å². The third kappa shape index (κ3) is 2.89. The van der Waals surface area contributed by atoms with Gasteiger partial charge in [-0.2, -0.15) is 4.31 Å². The minimum Gasteiger partial charge on any atom is -0.354 e. The smallest absolute Gasteiger partial charge is 0.245 e. The first-order valence-corrected chi connectivity index (χ1v) is 7.52. The molecule has 8 heteroatoms. The van der Waals surface area contributed by atoms with Gasteiger partial charge in [-0.15, -0.1) is 0 Å². The fraction of sp³-hybridized carbons (Fsp3) is 0.364. The molecule has 19 heavy (non-hydrogen) atoms. The summed E-state index contributed by atoms with van der Waals surface area (Å²) >= 11 is 5.99. The summed E-state index contributed by atoms with van der Waals surface area (Å²) in [5, 5.41) is 2.69. The van der Waals surface area contributed by atoms with Crippen LogP contribution in [0, 0.1) is 0 Å². The van der Waals surface area contributed by atoms with Gasteiger partial charge in [-0.25, -0.2) is 8.42 Å². The monoisotopic (exact) mass is 303 g/mol. The molecule has 1 aromatic rings. The van der Waals surface area contributed by atoms with Gasteiger partial charge in [0.1, 0.15) is 4.90 Å². The van der Waals surface area contributed by atoms with Crippen molar-refractivity contribution in [3.05, 3.63) is 28.8 Å². The second kappa shape index (κ2) is 5.46. The van der Waals surface area contributed by atoms with E-state index >= 15 is 0 Å². The van der Waals surface area contributed by atoms with Crippen LogP contribution >= 0.6 is 11.6 Å². The van der Waals surface area contributed by atoms with Crippen molar-refractivity contribution in [2.75, 3.05) is 19.6 Å². The summed E-state index contributed by atoms with van der Waals surface area (Å²) in [5.41, 5.74) is 6.22. The van der Waals surface area contributed by atoms with Gasteiger partial charge in [-0.05, 0) is 17.7 Å². The van der Waals surface area contributed by atoms with Crippen LogP contribution in [0.3, 0.4) is 0 Å². The predicted molar refractivity (Wildman–Crippen MR) is 71.1 cm³/mol. The highest BCUT2D eigenvalue weighted by atomic mass is 35.5. The first kappa shape index (κ1) is 14.3. The topological polar surface area (TPSA) is 92.5 Å². The zero-order chi connectivity index (χ0) is 14.0. The van der Waals surface area contributed by atoms with Crippen LogP contribution in [-0.4, -0.2) is 38.3 Å². The molecule has 3 N–H and O–H groups in total. The van der Waals surface area contributed by atoms with Crippen molar-refractivity contribution >= 4 is 27.5 Å². The molecule has 2 rings (SSSR count). The van der Waals surface area contributed by atoms with Gasteiger partial charge >= 0.3 is 0 Å². The second-order valence-electron chi connectivity index (χ2n) is 4.16. The van der Waals surface area contributed by atoms with Gasteiger partial charge in [0.05, 0.1) is 11.6 Å². The Kier molecular flexibility index (Phi) is 4.10. The number of halogens is 1. The largest absolute Gasteiger partial charge is 0.354 e. The number of carbonyl (C=O) groups is 1. The van der Waals surface area contributed by atoms with Gasteiger partial charge in [0.25, 0.3) is 0 Å². The fourth-order valence-electron chi connectivity index (χ4n) is 1.84. The number of rotatable bonds is 3. The van der Waals surface area contributed by atoms with E-state index < -0.39 is 10.0 Å². The van der Waals surface area contributed by atoms with E-state index in [1.165, 1.54) is 12.1 Å². The van der Waals surface area contributed by atoms with Crippen LogP contribution in [0.1, 0.15) is 5.56 Å². The number of amides is 1. The van der Waals surface area contributed by atoms with E-state index in [0.717, 1.165) is 9.87 Å². The summed E-state index contributed by atoms with van der Waals surface area (Å²) in [4.78, 5) is 11.3. The highest BCUT2D eigenvalue weighted by molar-refractivity contribution is 7.89. The number of carbonyl (C=O) groups excluding carboxylic acids is 1. The molecule has 0 radical (unpaired) electrons. The third-order valence-electron chi connectivity index (χ3n) is 2.85. The van der Waals surface area contributed by atoms with E-state index in [1.807, 2.05) is 0 Å². The standard InChI is InChI=1S/C11H14ClN3O3S/c12-9-5-8(6-13)1-2-10(9)19(17,18)15-4-3-14-11(16)7-15/h1-2,5H,3-4,6-7,13H2,(H,14,16). The molecular weight excluding hydrogens is 290 g/mol. The van der Waals surface area contributed by atoms with Crippen molar-refractivity contribution < 1.29 is 13.2 Å². The lowest BCUT2D eigenvalue weighted by Gasteiger charge is -2.26. The maximum Gasteiger partial charge on any atom is 0.245 e.